The van der Waals surface area contributed by atoms with E-state index in [1.165, 1.54) is 0 Å². The van der Waals surface area contributed by atoms with E-state index in [2.05, 4.69) is 114 Å². The van der Waals surface area contributed by atoms with Gasteiger partial charge < -0.3 is 4.57 Å². The summed E-state index contributed by atoms with van der Waals surface area (Å²) >= 11 is 0. The van der Waals surface area contributed by atoms with Crippen molar-refractivity contribution in [1.82, 2.24) is 14.5 Å². The summed E-state index contributed by atoms with van der Waals surface area (Å²) in [7, 11) is -3.47. The van der Waals surface area contributed by atoms with Gasteiger partial charge in [0.05, 0.1) is 27.5 Å². The molecule has 248 valence electrons. The first-order chi connectivity index (χ1) is 26.2. The third-order valence-corrected chi connectivity index (χ3v) is 14.0. The van der Waals surface area contributed by atoms with Gasteiger partial charge in [-0.2, -0.15) is 0 Å². The van der Waals surface area contributed by atoms with E-state index in [0.717, 1.165) is 98.7 Å². The monoisotopic (exact) mass is 695 g/mol. The number of nitrogens with zero attached hydrogens (tertiary/aromatic N) is 3. The van der Waals surface area contributed by atoms with Crippen LogP contribution < -0.4 is 15.9 Å². The van der Waals surface area contributed by atoms with Crippen molar-refractivity contribution in [3.05, 3.63) is 182 Å². The number of hydrogen-bond acceptors (Lipinski definition) is 3. The summed E-state index contributed by atoms with van der Waals surface area (Å²) in [6.45, 7) is 0. The molecule has 8 aromatic carbocycles. The van der Waals surface area contributed by atoms with Gasteiger partial charge in [0.1, 0.15) is 5.82 Å². The van der Waals surface area contributed by atoms with Crippen molar-refractivity contribution in [1.29, 1.82) is 0 Å². The highest BCUT2D eigenvalue weighted by Crippen LogP contribution is 2.54. The fraction of sp³-hybridized carbons (Fsp3) is 0. The molecule has 1 aliphatic rings. The van der Waals surface area contributed by atoms with E-state index in [0.29, 0.717) is 0 Å². The minimum absolute atomic E-state index is 0.807. The van der Waals surface area contributed by atoms with Gasteiger partial charge in [-0.25, -0.2) is 4.98 Å². The number of imidazole rings is 1. The van der Waals surface area contributed by atoms with Gasteiger partial charge >= 0.3 is 0 Å². The van der Waals surface area contributed by atoms with Gasteiger partial charge in [0.15, 0.2) is 7.14 Å². The molecule has 1 atom stereocenters. The second-order valence-electron chi connectivity index (χ2n) is 13.6. The summed E-state index contributed by atoms with van der Waals surface area (Å²) in [5, 5.41) is 7.99. The first-order valence-electron chi connectivity index (χ1n) is 17.9. The molecule has 3 heterocycles. The number of hydrogen-bond donors (Lipinski definition) is 0. The Balaban J connectivity index is 1.32. The Kier molecular flexibility index (Phi) is 6.49. The standard InChI is InChI=1S/C48H30N3OP/c52-53(33-19-5-2-6-20-33)42-29-13-27-40-46(42)51(48(50-40)32-15-3-1-4-16-32)41-28-12-26-39(47(41)53)44-36-23-9-7-21-34(36)43(35-22-8-10-24-37(35)44)38-25-11-17-31-18-14-30-49-45(31)38/h1-30H. The maximum Gasteiger partial charge on any atom is 0.175 e. The summed E-state index contributed by atoms with van der Waals surface area (Å²) in [5.41, 5.74) is 8.87. The Morgan fingerprint density at radius 2 is 1.09 bits per heavy atom. The lowest BCUT2D eigenvalue weighted by Gasteiger charge is -2.32. The molecular formula is C48H30N3OP. The number of rotatable bonds is 4. The van der Waals surface area contributed by atoms with Crippen LogP contribution in [0.2, 0.25) is 0 Å². The van der Waals surface area contributed by atoms with E-state index in [1.54, 1.807) is 0 Å². The molecule has 4 nitrogen and oxygen atoms in total. The van der Waals surface area contributed by atoms with Crippen LogP contribution in [0.5, 0.6) is 0 Å². The predicted octanol–water partition coefficient (Wildman–Crippen LogP) is 10.8. The molecule has 5 heteroatoms. The molecule has 0 spiro atoms. The van der Waals surface area contributed by atoms with Crippen molar-refractivity contribution in [3.8, 4) is 39.3 Å². The Labute approximate surface area is 306 Å². The van der Waals surface area contributed by atoms with Gasteiger partial charge in [0, 0.05) is 33.3 Å². The van der Waals surface area contributed by atoms with Gasteiger partial charge in [-0.05, 0) is 62.5 Å². The van der Waals surface area contributed by atoms with Crippen LogP contribution in [0.3, 0.4) is 0 Å². The molecular weight excluding hydrogens is 666 g/mol. The largest absolute Gasteiger partial charge is 0.308 e. The smallest absolute Gasteiger partial charge is 0.175 e. The molecule has 11 rings (SSSR count). The highest BCUT2D eigenvalue weighted by atomic mass is 31.2. The van der Waals surface area contributed by atoms with Crippen molar-refractivity contribution >= 4 is 66.5 Å². The molecule has 0 bridgehead atoms. The van der Waals surface area contributed by atoms with Crippen LogP contribution in [0, 0.1) is 0 Å². The SMILES string of the molecule is O=P1(c2ccccc2)c2c(-c3c4ccccc4c(-c4cccc5cccnc45)c4ccccc34)cccc2-n2c(-c3ccccc3)nc3cccc1c32. The van der Waals surface area contributed by atoms with Crippen LogP contribution in [0.15, 0.2) is 182 Å². The van der Waals surface area contributed by atoms with Crippen molar-refractivity contribution in [2.75, 3.05) is 0 Å². The molecule has 0 fully saturated rings. The molecule has 1 unspecified atom stereocenters. The zero-order valence-electron chi connectivity index (χ0n) is 28.5. The highest BCUT2D eigenvalue weighted by molar-refractivity contribution is 7.86. The molecule has 0 saturated heterocycles. The number of pyridine rings is 1. The van der Waals surface area contributed by atoms with Crippen LogP contribution in [0.1, 0.15) is 0 Å². The van der Waals surface area contributed by atoms with Crippen molar-refractivity contribution in [3.63, 3.8) is 0 Å². The van der Waals surface area contributed by atoms with E-state index < -0.39 is 7.14 Å². The zero-order valence-corrected chi connectivity index (χ0v) is 29.4. The fourth-order valence-corrected chi connectivity index (χ4v) is 11.9. The van der Waals surface area contributed by atoms with E-state index in [1.807, 2.05) is 72.9 Å². The molecule has 1 aliphatic heterocycles. The molecule has 0 amide bonds. The Hall–Kier alpha value is -6.61. The Morgan fingerprint density at radius 3 is 1.81 bits per heavy atom. The minimum Gasteiger partial charge on any atom is -0.308 e. The lowest BCUT2D eigenvalue weighted by Crippen LogP contribution is -2.34. The van der Waals surface area contributed by atoms with Gasteiger partial charge in [0.25, 0.3) is 0 Å². The molecule has 0 radical (unpaired) electrons. The van der Waals surface area contributed by atoms with Crippen LogP contribution >= 0.6 is 7.14 Å². The molecule has 53 heavy (non-hydrogen) atoms. The Bertz CT molecular complexity index is 3090. The highest BCUT2D eigenvalue weighted by Gasteiger charge is 2.42. The molecule has 0 aliphatic carbocycles. The third-order valence-electron chi connectivity index (χ3n) is 10.8. The second kappa shape index (κ2) is 11.4. The van der Waals surface area contributed by atoms with Crippen LogP contribution in [0.4, 0.5) is 0 Å². The van der Waals surface area contributed by atoms with E-state index in [-0.39, 0.29) is 0 Å². The number of fused-ring (bicyclic) bond motifs is 5. The lowest BCUT2D eigenvalue weighted by molar-refractivity contribution is 0.592. The quantitative estimate of drug-likeness (QED) is 0.136. The number of benzene rings is 8. The topological polar surface area (TPSA) is 47.8 Å². The summed E-state index contributed by atoms with van der Waals surface area (Å²) in [6.07, 6.45) is 1.87. The first-order valence-corrected chi connectivity index (χ1v) is 19.6. The van der Waals surface area contributed by atoms with Crippen molar-refractivity contribution < 1.29 is 4.57 Å². The van der Waals surface area contributed by atoms with E-state index in [4.69, 9.17) is 9.97 Å². The average Bonchev–Trinajstić information content (AvgIpc) is 3.63. The predicted molar refractivity (Wildman–Crippen MR) is 221 cm³/mol. The normalized spacial score (nSPS) is 14.9. The maximum atomic E-state index is 16.7. The minimum atomic E-state index is -3.47. The van der Waals surface area contributed by atoms with E-state index >= 15 is 4.57 Å². The maximum absolute atomic E-state index is 16.7. The van der Waals surface area contributed by atoms with Gasteiger partial charge in [0.2, 0.25) is 0 Å². The summed E-state index contributed by atoms with van der Waals surface area (Å²) < 4.78 is 18.9. The second-order valence-corrected chi connectivity index (χ2v) is 16.3. The third kappa shape index (κ3) is 4.21. The van der Waals surface area contributed by atoms with Gasteiger partial charge in [-0.15, -0.1) is 0 Å². The molecule has 0 saturated carbocycles. The van der Waals surface area contributed by atoms with Gasteiger partial charge in [-0.3, -0.25) is 9.55 Å². The zero-order chi connectivity index (χ0) is 35.1. The lowest BCUT2D eigenvalue weighted by atomic mass is 9.85. The fourth-order valence-electron chi connectivity index (χ4n) is 8.66. The number of para-hydroxylation sites is 2. The van der Waals surface area contributed by atoms with E-state index in [9.17, 15) is 0 Å². The molecule has 0 N–H and O–H groups in total. The van der Waals surface area contributed by atoms with Crippen molar-refractivity contribution in [2.45, 2.75) is 0 Å². The first kappa shape index (κ1) is 30.1. The van der Waals surface area contributed by atoms with Crippen LogP contribution in [-0.4, -0.2) is 14.5 Å². The molecule has 2 aromatic heterocycles. The summed E-state index contributed by atoms with van der Waals surface area (Å²) in [6, 6.07) is 60.7. The summed E-state index contributed by atoms with van der Waals surface area (Å²) in [4.78, 5) is 10.1. The van der Waals surface area contributed by atoms with Gasteiger partial charge in [-0.1, -0.05) is 152 Å². The summed E-state index contributed by atoms with van der Waals surface area (Å²) in [5.74, 6) is 0.833. The van der Waals surface area contributed by atoms with Crippen LogP contribution in [-0.2, 0) is 4.57 Å². The average molecular weight is 696 g/mol. The van der Waals surface area contributed by atoms with Crippen LogP contribution in [0.25, 0.3) is 82.8 Å². The molecule has 10 aromatic rings. The number of aromatic nitrogens is 3. The Morgan fingerprint density at radius 1 is 0.509 bits per heavy atom. The van der Waals surface area contributed by atoms with Crippen molar-refractivity contribution in [2.24, 2.45) is 0 Å².